The summed E-state index contributed by atoms with van der Waals surface area (Å²) < 4.78 is 109. The molecule has 2 unspecified atom stereocenters. The summed E-state index contributed by atoms with van der Waals surface area (Å²) in [5, 5.41) is 10.1. The molecule has 2 atom stereocenters. The van der Waals surface area contributed by atoms with Gasteiger partial charge in [-0.15, -0.1) is 0 Å². The molecule has 0 heterocycles. The molecule has 4 saturated carbocycles. The highest BCUT2D eigenvalue weighted by atomic mass is 32.2. The Morgan fingerprint density at radius 2 is 1.46 bits per heavy atom. The minimum absolute atomic E-state index is 0.00925. The third-order valence-corrected chi connectivity index (χ3v) is 7.88. The van der Waals surface area contributed by atoms with Crippen molar-refractivity contribution in [2.45, 2.75) is 55.3 Å². The molecular formula is C15H18F6O6S. The molecule has 4 aliphatic rings. The van der Waals surface area contributed by atoms with Crippen LogP contribution in [0.2, 0.25) is 0 Å². The maximum atomic E-state index is 13.1. The molecule has 28 heavy (non-hydrogen) atoms. The number of hydrogen-bond donors (Lipinski definition) is 2. The zero-order chi connectivity index (χ0) is 21.3. The van der Waals surface area contributed by atoms with Crippen molar-refractivity contribution in [3.8, 4) is 0 Å². The summed E-state index contributed by atoms with van der Waals surface area (Å²) in [5.41, 5.74) is -1.35. The van der Waals surface area contributed by atoms with Crippen molar-refractivity contribution in [2.75, 3.05) is 6.61 Å². The number of carbonyl (C=O) groups excluding carboxylic acids is 1. The Morgan fingerprint density at radius 3 is 1.86 bits per heavy atom. The molecule has 4 aliphatic carbocycles. The van der Waals surface area contributed by atoms with Crippen molar-refractivity contribution >= 4 is 16.1 Å². The molecule has 0 aromatic heterocycles. The Morgan fingerprint density at radius 1 is 1.00 bits per heavy atom. The normalized spacial score (nSPS) is 35.9. The number of ether oxygens (including phenoxy) is 1. The summed E-state index contributed by atoms with van der Waals surface area (Å²) in [6, 6.07) is 0. The van der Waals surface area contributed by atoms with Gasteiger partial charge in [0.2, 0.25) is 0 Å². The smallest absolute Gasteiger partial charge is 0.423 e. The topological polar surface area (TPSA) is 101 Å². The molecule has 2 N–H and O–H groups in total. The van der Waals surface area contributed by atoms with Gasteiger partial charge in [-0.2, -0.15) is 34.8 Å². The molecule has 6 nitrogen and oxygen atoms in total. The predicted octanol–water partition coefficient (Wildman–Crippen LogP) is 2.47. The molecule has 4 fully saturated rings. The molecule has 0 radical (unpaired) electrons. The Kier molecular flexibility index (Phi) is 4.79. The third kappa shape index (κ3) is 3.00. The summed E-state index contributed by atoms with van der Waals surface area (Å²) in [6.45, 7) is -2.62. The fourth-order valence-corrected chi connectivity index (χ4v) is 6.05. The lowest BCUT2D eigenvalue weighted by atomic mass is 9.48. The maximum absolute atomic E-state index is 13.1. The summed E-state index contributed by atoms with van der Waals surface area (Å²) in [7, 11) is -6.77. The lowest BCUT2D eigenvalue weighted by Gasteiger charge is -2.57. The van der Waals surface area contributed by atoms with E-state index in [4.69, 9.17) is 4.55 Å². The number of carbonyl (C=O) groups is 1. The molecule has 13 heteroatoms. The van der Waals surface area contributed by atoms with Crippen molar-refractivity contribution in [3.63, 3.8) is 0 Å². The third-order valence-electron chi connectivity index (χ3n) is 6.42. The van der Waals surface area contributed by atoms with E-state index >= 15 is 0 Å². The van der Waals surface area contributed by atoms with Crippen LogP contribution in [0.4, 0.5) is 26.3 Å². The van der Waals surface area contributed by atoms with Crippen LogP contribution < -0.4 is 0 Å². The fraction of sp³-hybridized carbons (Fsp3) is 0.933. The van der Waals surface area contributed by atoms with Crippen LogP contribution in [0.5, 0.6) is 0 Å². The van der Waals surface area contributed by atoms with Crippen molar-refractivity contribution in [1.82, 2.24) is 0 Å². The van der Waals surface area contributed by atoms with Gasteiger partial charge >= 0.3 is 23.1 Å². The zero-order valence-corrected chi connectivity index (χ0v) is 15.1. The second-order valence-corrected chi connectivity index (χ2v) is 9.76. The second kappa shape index (κ2) is 6.21. The van der Waals surface area contributed by atoms with E-state index in [0.29, 0.717) is 12.8 Å². The van der Waals surface area contributed by atoms with Gasteiger partial charge < -0.3 is 9.84 Å². The SMILES string of the molecule is O=C(OCC(C(F)(F)F)(C(F)(F)F)S(=O)(=O)O)C12CC3CC(C1)C(O)C(C3)C2. The van der Waals surface area contributed by atoms with Gasteiger partial charge in [0.05, 0.1) is 11.5 Å². The average Bonchev–Trinajstić information content (AvgIpc) is 2.47. The van der Waals surface area contributed by atoms with Gasteiger partial charge in [-0.3, -0.25) is 9.35 Å². The lowest BCUT2D eigenvalue weighted by Crippen LogP contribution is -2.65. The highest BCUT2D eigenvalue weighted by Crippen LogP contribution is 2.60. The standard InChI is InChI=1S/C15H18F6O6S/c16-14(17,18)13(15(19,20)21,28(24,25)26)6-27-11(23)12-3-7-1-8(4-12)10(22)9(2-7)5-12/h7-10,22H,1-6H2,(H,24,25,26). The van der Waals surface area contributed by atoms with Gasteiger partial charge in [-0.05, 0) is 49.9 Å². The molecule has 0 aromatic carbocycles. The van der Waals surface area contributed by atoms with E-state index in [1.54, 1.807) is 0 Å². The van der Waals surface area contributed by atoms with E-state index in [2.05, 4.69) is 4.74 Å². The van der Waals surface area contributed by atoms with Crippen LogP contribution >= 0.6 is 0 Å². The molecule has 162 valence electrons. The van der Waals surface area contributed by atoms with E-state index in [0.717, 1.165) is 0 Å². The van der Waals surface area contributed by atoms with Crippen molar-refractivity contribution in [3.05, 3.63) is 0 Å². The number of alkyl halides is 6. The van der Waals surface area contributed by atoms with Crippen LogP contribution in [0.1, 0.15) is 32.1 Å². The molecule has 4 rings (SSSR count). The number of hydrogen-bond acceptors (Lipinski definition) is 5. The zero-order valence-electron chi connectivity index (χ0n) is 14.3. The largest absolute Gasteiger partial charge is 0.463 e. The predicted molar refractivity (Wildman–Crippen MR) is 79.3 cm³/mol. The molecule has 4 bridgehead atoms. The minimum atomic E-state index is -6.77. The van der Waals surface area contributed by atoms with Crippen molar-refractivity contribution < 1.29 is 54.0 Å². The molecule has 0 aromatic rings. The van der Waals surface area contributed by atoms with Crippen LogP contribution in [0, 0.1) is 23.2 Å². The number of halogens is 6. The van der Waals surface area contributed by atoms with Crippen molar-refractivity contribution in [1.29, 1.82) is 0 Å². The highest BCUT2D eigenvalue weighted by Gasteiger charge is 2.80. The van der Waals surface area contributed by atoms with Gasteiger partial charge in [0.25, 0.3) is 10.1 Å². The van der Waals surface area contributed by atoms with Gasteiger partial charge in [0.15, 0.2) is 0 Å². The lowest BCUT2D eigenvalue weighted by molar-refractivity contribution is -0.278. The molecular weight excluding hydrogens is 422 g/mol. The minimum Gasteiger partial charge on any atom is -0.463 e. The first-order valence-electron chi connectivity index (χ1n) is 8.50. The van der Waals surface area contributed by atoms with Crippen molar-refractivity contribution in [2.24, 2.45) is 23.2 Å². The monoisotopic (exact) mass is 440 g/mol. The molecule has 0 aliphatic heterocycles. The number of aliphatic hydroxyl groups excluding tert-OH is 1. The van der Waals surface area contributed by atoms with E-state index in [9.17, 15) is 44.7 Å². The summed E-state index contributed by atoms with van der Waals surface area (Å²) in [4.78, 5) is 12.5. The molecule has 0 saturated heterocycles. The quantitative estimate of drug-likeness (QED) is 0.396. The first-order valence-corrected chi connectivity index (χ1v) is 9.94. The van der Waals surface area contributed by atoms with Gasteiger partial charge in [0.1, 0.15) is 6.61 Å². The Bertz CT molecular complexity index is 730. The first kappa shape index (κ1) is 21.6. The van der Waals surface area contributed by atoms with Crippen LogP contribution in [0.3, 0.4) is 0 Å². The van der Waals surface area contributed by atoms with E-state index < -0.39 is 51.3 Å². The Balaban J connectivity index is 1.88. The Hall–Kier alpha value is -1.08. The van der Waals surface area contributed by atoms with Crippen LogP contribution in [0.25, 0.3) is 0 Å². The maximum Gasteiger partial charge on any atom is 0.423 e. The van der Waals surface area contributed by atoms with Crippen LogP contribution in [-0.4, -0.2) is 53.9 Å². The van der Waals surface area contributed by atoms with Crippen LogP contribution in [0.15, 0.2) is 0 Å². The highest BCUT2D eigenvalue weighted by molar-refractivity contribution is 7.87. The summed E-state index contributed by atoms with van der Waals surface area (Å²) >= 11 is 0. The second-order valence-electron chi connectivity index (χ2n) is 8.11. The van der Waals surface area contributed by atoms with Gasteiger partial charge in [0, 0.05) is 0 Å². The number of aliphatic hydroxyl groups is 1. The molecule has 0 amide bonds. The van der Waals surface area contributed by atoms with Gasteiger partial charge in [-0.25, -0.2) is 0 Å². The number of rotatable bonds is 4. The van der Waals surface area contributed by atoms with E-state index in [1.165, 1.54) is 0 Å². The van der Waals surface area contributed by atoms with E-state index in [1.807, 2.05) is 0 Å². The fourth-order valence-electron chi connectivity index (χ4n) is 5.26. The number of esters is 1. The Labute approximate surface area is 156 Å². The van der Waals surface area contributed by atoms with Gasteiger partial charge in [-0.1, -0.05) is 0 Å². The molecule has 0 spiro atoms. The average molecular weight is 440 g/mol. The van der Waals surface area contributed by atoms with E-state index in [-0.39, 0.29) is 37.0 Å². The first-order chi connectivity index (χ1) is 12.5. The van der Waals surface area contributed by atoms with Crippen LogP contribution in [-0.2, 0) is 19.6 Å². The summed E-state index contributed by atoms with van der Waals surface area (Å²) in [5.74, 6) is -1.99. The summed E-state index contributed by atoms with van der Waals surface area (Å²) in [6.07, 6.45) is -12.1.